The van der Waals surface area contributed by atoms with Crippen molar-refractivity contribution in [3.8, 4) is 22.3 Å². The molecule has 6 rings (SSSR count). The molecule has 1 aliphatic carbocycles. The lowest BCUT2D eigenvalue weighted by molar-refractivity contribution is 0.864. The first-order chi connectivity index (χ1) is 17.7. The minimum absolute atomic E-state index is 0.0853. The van der Waals surface area contributed by atoms with Crippen molar-refractivity contribution in [1.29, 1.82) is 0 Å². The van der Waals surface area contributed by atoms with E-state index in [9.17, 15) is 0 Å². The molecule has 1 nitrogen and oxygen atoms in total. The average Bonchev–Trinajstić information content (AvgIpc) is 3.30. The van der Waals surface area contributed by atoms with Crippen LogP contribution < -0.4 is 0 Å². The molecule has 0 aromatic heterocycles. The Morgan fingerprint density at radius 3 is 2.14 bits per heavy atom. The number of hydrogen-bond donors (Lipinski definition) is 0. The largest absolute Gasteiger partial charge is 0.280 e. The van der Waals surface area contributed by atoms with Crippen LogP contribution in [0.2, 0.25) is 0 Å². The van der Waals surface area contributed by atoms with E-state index in [1.165, 1.54) is 55.6 Å². The van der Waals surface area contributed by atoms with E-state index >= 15 is 0 Å². The molecule has 0 spiro atoms. The molecule has 1 unspecified atom stereocenters. The molecule has 1 aliphatic rings. The summed E-state index contributed by atoms with van der Waals surface area (Å²) in [6.45, 7) is 4.39. The fourth-order valence-corrected chi connectivity index (χ4v) is 5.46. The lowest BCUT2D eigenvalue weighted by Crippen LogP contribution is -2.04. The molecular formula is C35H29N. The van der Waals surface area contributed by atoms with E-state index in [4.69, 9.17) is 4.99 Å². The zero-order chi connectivity index (χ0) is 24.5. The number of aliphatic imine (C=N–C) groups is 1. The van der Waals surface area contributed by atoms with Gasteiger partial charge in [0, 0.05) is 6.21 Å². The molecule has 0 aliphatic heterocycles. The van der Waals surface area contributed by atoms with Crippen LogP contribution in [0.15, 0.2) is 120 Å². The number of benzene rings is 5. The highest BCUT2D eigenvalue weighted by molar-refractivity contribution is 5.81. The molecule has 0 saturated heterocycles. The van der Waals surface area contributed by atoms with Gasteiger partial charge in [-0.15, -0.1) is 0 Å². The molecule has 5 aromatic carbocycles. The Balaban J connectivity index is 1.51. The van der Waals surface area contributed by atoms with Gasteiger partial charge in [-0.05, 0) is 87.5 Å². The monoisotopic (exact) mass is 463 g/mol. The summed E-state index contributed by atoms with van der Waals surface area (Å²) in [5.41, 5.74) is 14.2. The smallest absolute Gasteiger partial charge is 0.100 e. The maximum absolute atomic E-state index is 5.24. The van der Waals surface area contributed by atoms with Gasteiger partial charge in [0.25, 0.3) is 0 Å². The molecule has 5 aromatic rings. The third-order valence-electron chi connectivity index (χ3n) is 7.37. The molecule has 0 bridgehead atoms. The van der Waals surface area contributed by atoms with Crippen molar-refractivity contribution in [2.45, 2.75) is 26.3 Å². The summed E-state index contributed by atoms with van der Waals surface area (Å²) >= 11 is 0. The first kappa shape index (κ1) is 22.2. The average molecular weight is 464 g/mol. The third kappa shape index (κ3) is 4.07. The van der Waals surface area contributed by atoms with Crippen LogP contribution in [-0.2, 0) is 6.42 Å². The summed E-state index contributed by atoms with van der Waals surface area (Å²) in [5, 5.41) is 0. The van der Waals surface area contributed by atoms with Gasteiger partial charge < -0.3 is 0 Å². The summed E-state index contributed by atoms with van der Waals surface area (Å²) < 4.78 is 0. The summed E-state index contributed by atoms with van der Waals surface area (Å²) in [5.74, 6) is 0. The summed E-state index contributed by atoms with van der Waals surface area (Å²) in [6, 6.07) is 41.3. The molecule has 0 radical (unpaired) electrons. The molecule has 1 atom stereocenters. The third-order valence-corrected chi connectivity index (χ3v) is 7.37. The normalized spacial score (nSPS) is 12.9. The van der Waals surface area contributed by atoms with E-state index in [-0.39, 0.29) is 6.04 Å². The lowest BCUT2D eigenvalue weighted by atomic mass is 9.88. The van der Waals surface area contributed by atoms with Gasteiger partial charge in [0.15, 0.2) is 0 Å². The molecule has 1 heteroatoms. The Hall–Kier alpha value is -4.23. The molecule has 0 N–H and O–H groups in total. The molecule has 0 heterocycles. The van der Waals surface area contributed by atoms with Crippen molar-refractivity contribution < 1.29 is 0 Å². The van der Waals surface area contributed by atoms with Gasteiger partial charge in [-0.2, -0.15) is 0 Å². The van der Waals surface area contributed by atoms with E-state index in [0.717, 1.165) is 12.0 Å². The molecule has 174 valence electrons. The van der Waals surface area contributed by atoms with Crippen LogP contribution in [0.4, 0.5) is 0 Å². The molecule has 0 amide bonds. The number of rotatable bonds is 5. The first-order valence-corrected chi connectivity index (χ1v) is 12.6. The zero-order valence-corrected chi connectivity index (χ0v) is 20.8. The second-order valence-electron chi connectivity index (χ2n) is 9.69. The number of aryl methyl sites for hydroxylation is 2. The van der Waals surface area contributed by atoms with Gasteiger partial charge in [0.1, 0.15) is 6.04 Å². The topological polar surface area (TPSA) is 12.4 Å². The molecule has 0 fully saturated rings. The summed E-state index contributed by atoms with van der Waals surface area (Å²) in [4.78, 5) is 5.24. The highest BCUT2D eigenvalue weighted by Crippen LogP contribution is 2.42. The minimum atomic E-state index is -0.0853. The minimum Gasteiger partial charge on any atom is -0.280 e. The van der Waals surface area contributed by atoms with E-state index < -0.39 is 0 Å². The van der Waals surface area contributed by atoms with Crippen molar-refractivity contribution in [3.05, 3.63) is 154 Å². The van der Waals surface area contributed by atoms with Crippen LogP contribution in [-0.4, -0.2) is 6.21 Å². The van der Waals surface area contributed by atoms with Crippen LogP contribution in [0.3, 0.4) is 0 Å². The number of nitrogens with zero attached hydrogens (tertiary/aromatic N) is 1. The van der Waals surface area contributed by atoms with E-state index in [1.54, 1.807) is 0 Å². The summed E-state index contributed by atoms with van der Waals surface area (Å²) in [6.07, 6.45) is 2.98. The second kappa shape index (κ2) is 9.43. The lowest BCUT2D eigenvalue weighted by Gasteiger charge is -2.20. The Labute approximate surface area is 213 Å². The Kier molecular flexibility index (Phi) is 5.83. The quantitative estimate of drug-likeness (QED) is 0.227. The van der Waals surface area contributed by atoms with Gasteiger partial charge in [-0.25, -0.2) is 0 Å². The van der Waals surface area contributed by atoms with Gasteiger partial charge in [0.05, 0.1) is 0 Å². The van der Waals surface area contributed by atoms with Crippen molar-refractivity contribution in [1.82, 2.24) is 0 Å². The fraction of sp³-hybridized carbons (Fsp3) is 0.114. The van der Waals surface area contributed by atoms with Crippen LogP contribution in [0, 0.1) is 13.8 Å². The fourth-order valence-electron chi connectivity index (χ4n) is 5.46. The van der Waals surface area contributed by atoms with E-state index in [0.29, 0.717) is 0 Å². The van der Waals surface area contributed by atoms with E-state index in [1.807, 2.05) is 12.3 Å². The molecule has 36 heavy (non-hydrogen) atoms. The van der Waals surface area contributed by atoms with Gasteiger partial charge in [-0.1, -0.05) is 109 Å². The Morgan fingerprint density at radius 2 is 1.31 bits per heavy atom. The Morgan fingerprint density at radius 1 is 0.611 bits per heavy atom. The number of fused-ring (bicyclic) bond motifs is 3. The van der Waals surface area contributed by atoms with Crippen molar-refractivity contribution in [2.75, 3.05) is 0 Å². The van der Waals surface area contributed by atoms with Crippen molar-refractivity contribution >= 4 is 6.21 Å². The second-order valence-corrected chi connectivity index (χ2v) is 9.69. The van der Waals surface area contributed by atoms with Gasteiger partial charge in [-0.3, -0.25) is 4.99 Å². The van der Waals surface area contributed by atoms with Crippen LogP contribution in [0.5, 0.6) is 0 Å². The van der Waals surface area contributed by atoms with Crippen molar-refractivity contribution in [3.63, 3.8) is 0 Å². The maximum atomic E-state index is 5.24. The van der Waals surface area contributed by atoms with Crippen LogP contribution >= 0.6 is 0 Å². The molecule has 0 saturated carbocycles. The highest BCUT2D eigenvalue weighted by atomic mass is 14.8. The predicted octanol–water partition coefficient (Wildman–Crippen LogP) is 8.75. The molecular weight excluding hydrogens is 434 g/mol. The van der Waals surface area contributed by atoms with Crippen molar-refractivity contribution in [2.24, 2.45) is 4.99 Å². The van der Waals surface area contributed by atoms with Gasteiger partial charge >= 0.3 is 0 Å². The maximum Gasteiger partial charge on any atom is 0.100 e. The predicted molar refractivity (Wildman–Crippen MR) is 152 cm³/mol. The first-order valence-electron chi connectivity index (χ1n) is 12.6. The van der Waals surface area contributed by atoms with Gasteiger partial charge in [0.2, 0.25) is 0 Å². The zero-order valence-electron chi connectivity index (χ0n) is 20.8. The van der Waals surface area contributed by atoms with E-state index in [2.05, 4.69) is 123 Å². The Bertz CT molecular complexity index is 1580. The van der Waals surface area contributed by atoms with Crippen LogP contribution in [0.1, 0.15) is 45.0 Å². The number of hydrogen-bond acceptors (Lipinski definition) is 1. The summed E-state index contributed by atoms with van der Waals surface area (Å²) in [7, 11) is 0. The standard InChI is InChI=1S/C35H29N/c1-24-11-6-8-15-29(24)33-22-28(20-19-25(33)2)35(36-23-26-12-4-3-5-13-26)32-18-10-17-31-30-16-9-7-14-27(30)21-34(31)32/h3-20,22-23,35H,21H2,1-2H3/b36-23-. The highest BCUT2D eigenvalue weighted by Gasteiger charge is 2.25. The van der Waals surface area contributed by atoms with Crippen LogP contribution in [0.25, 0.3) is 22.3 Å². The SMILES string of the molecule is Cc1ccccc1-c1cc(C(/N=C\c2ccccc2)c2cccc3c2Cc2ccccc2-3)ccc1C.